The number of nitro benzene ring substituents is 1. The summed E-state index contributed by atoms with van der Waals surface area (Å²) in [4.78, 5) is 10.5. The van der Waals surface area contributed by atoms with Crippen molar-refractivity contribution in [3.8, 4) is 5.75 Å². The number of phenols is 1. The number of phenolic OH excluding ortho intramolecular Hbond substituents is 1. The molecule has 0 aliphatic heterocycles. The Labute approximate surface area is 152 Å². The number of rotatable bonds is 15. The van der Waals surface area contributed by atoms with E-state index in [4.69, 9.17) is 0 Å². The lowest BCUT2D eigenvalue weighted by molar-refractivity contribution is -0.386. The smallest absolute Gasteiger partial charge is 0.313 e. The van der Waals surface area contributed by atoms with Gasteiger partial charge in [0.05, 0.1) is 4.92 Å². The fourth-order valence-electron chi connectivity index (χ4n) is 3.32. The predicted molar refractivity (Wildman–Crippen MR) is 104 cm³/mol. The number of aryl methyl sites for hydroxylation is 1. The van der Waals surface area contributed by atoms with Gasteiger partial charge in [-0.15, -0.1) is 0 Å². The molecule has 1 rings (SSSR count). The highest BCUT2D eigenvalue weighted by molar-refractivity contribution is 5.51. The number of nitro groups is 1. The summed E-state index contributed by atoms with van der Waals surface area (Å²) in [6.45, 7) is 2.25. The van der Waals surface area contributed by atoms with E-state index >= 15 is 0 Å². The van der Waals surface area contributed by atoms with Gasteiger partial charge in [-0.3, -0.25) is 10.1 Å². The Morgan fingerprint density at radius 2 is 1.32 bits per heavy atom. The first-order chi connectivity index (χ1) is 12.2. The first kappa shape index (κ1) is 21.5. The van der Waals surface area contributed by atoms with Crippen LogP contribution in [-0.2, 0) is 6.42 Å². The van der Waals surface area contributed by atoms with Crippen LogP contribution in [0.1, 0.15) is 96.0 Å². The highest BCUT2D eigenvalue weighted by Gasteiger charge is 2.18. The molecule has 1 aromatic carbocycles. The van der Waals surface area contributed by atoms with Crippen LogP contribution in [0.4, 0.5) is 5.69 Å². The molecule has 0 aliphatic rings. The Morgan fingerprint density at radius 3 is 1.80 bits per heavy atom. The van der Waals surface area contributed by atoms with Crippen LogP contribution in [0.3, 0.4) is 0 Å². The molecule has 0 aliphatic carbocycles. The van der Waals surface area contributed by atoms with Crippen LogP contribution in [-0.4, -0.2) is 10.0 Å². The normalized spacial score (nSPS) is 10.9. The van der Waals surface area contributed by atoms with Crippen molar-refractivity contribution >= 4 is 5.69 Å². The van der Waals surface area contributed by atoms with Gasteiger partial charge in [-0.05, 0) is 18.9 Å². The summed E-state index contributed by atoms with van der Waals surface area (Å²) < 4.78 is 0. The monoisotopic (exact) mass is 349 g/mol. The van der Waals surface area contributed by atoms with Crippen molar-refractivity contribution in [3.63, 3.8) is 0 Å². The van der Waals surface area contributed by atoms with E-state index in [2.05, 4.69) is 6.92 Å². The van der Waals surface area contributed by atoms with E-state index in [-0.39, 0.29) is 11.4 Å². The SMILES string of the molecule is CCCCCCCCCCCCCCCc1cccc(O)c1[N+](=O)[O-]. The standard InChI is InChI=1S/C21H35NO3/c1-2-3-4-5-6-7-8-9-10-11-12-13-14-16-19-17-15-18-20(23)21(19)22(24)25/h15,17-18,23H,2-14,16H2,1H3. The number of unbranched alkanes of at least 4 members (excludes halogenated alkanes) is 12. The van der Waals surface area contributed by atoms with E-state index < -0.39 is 4.92 Å². The largest absolute Gasteiger partial charge is 0.502 e. The lowest BCUT2D eigenvalue weighted by Crippen LogP contribution is -1.96. The average molecular weight is 350 g/mol. The van der Waals surface area contributed by atoms with Crippen LogP contribution in [0, 0.1) is 10.1 Å². The van der Waals surface area contributed by atoms with Gasteiger partial charge < -0.3 is 5.11 Å². The summed E-state index contributed by atoms with van der Waals surface area (Å²) in [6.07, 6.45) is 17.4. The Morgan fingerprint density at radius 1 is 0.840 bits per heavy atom. The molecule has 0 atom stereocenters. The zero-order chi connectivity index (χ0) is 18.3. The Hall–Kier alpha value is -1.58. The van der Waals surface area contributed by atoms with Crippen molar-refractivity contribution in [1.82, 2.24) is 0 Å². The lowest BCUT2D eigenvalue weighted by Gasteiger charge is -2.05. The summed E-state index contributed by atoms with van der Waals surface area (Å²) in [6, 6.07) is 4.81. The number of para-hydroxylation sites is 1. The second kappa shape index (κ2) is 13.7. The average Bonchev–Trinajstić information content (AvgIpc) is 2.58. The van der Waals surface area contributed by atoms with Gasteiger partial charge in [-0.1, -0.05) is 96.1 Å². The van der Waals surface area contributed by atoms with Crippen molar-refractivity contribution < 1.29 is 10.0 Å². The van der Waals surface area contributed by atoms with Crippen LogP contribution in [0.5, 0.6) is 5.75 Å². The van der Waals surface area contributed by atoms with Gasteiger partial charge >= 0.3 is 5.69 Å². The van der Waals surface area contributed by atoms with Gasteiger partial charge in [-0.2, -0.15) is 0 Å². The van der Waals surface area contributed by atoms with Gasteiger partial charge in [0.15, 0.2) is 5.75 Å². The highest BCUT2D eigenvalue weighted by Crippen LogP contribution is 2.30. The second-order valence-corrected chi connectivity index (χ2v) is 7.03. The molecule has 25 heavy (non-hydrogen) atoms. The molecular weight excluding hydrogens is 314 g/mol. The molecule has 1 aromatic rings. The van der Waals surface area contributed by atoms with Crippen LogP contribution < -0.4 is 0 Å². The first-order valence-corrected chi connectivity index (χ1v) is 10.1. The maximum atomic E-state index is 11.0. The van der Waals surface area contributed by atoms with Gasteiger partial charge in [0.1, 0.15) is 0 Å². The minimum atomic E-state index is -0.479. The van der Waals surface area contributed by atoms with Crippen molar-refractivity contribution in [1.29, 1.82) is 0 Å². The maximum absolute atomic E-state index is 11.0. The molecule has 0 radical (unpaired) electrons. The fraction of sp³-hybridized carbons (Fsp3) is 0.714. The molecule has 0 bridgehead atoms. The van der Waals surface area contributed by atoms with E-state index in [0.29, 0.717) is 12.0 Å². The minimum absolute atomic E-state index is 0.124. The van der Waals surface area contributed by atoms with Gasteiger partial charge in [-0.25, -0.2) is 0 Å². The summed E-state index contributed by atoms with van der Waals surface area (Å²) >= 11 is 0. The quantitative estimate of drug-likeness (QED) is 0.212. The van der Waals surface area contributed by atoms with Gasteiger partial charge in [0, 0.05) is 5.56 Å². The van der Waals surface area contributed by atoms with E-state index in [1.807, 2.05) is 0 Å². The van der Waals surface area contributed by atoms with E-state index in [9.17, 15) is 15.2 Å². The molecule has 4 nitrogen and oxygen atoms in total. The molecule has 0 amide bonds. The zero-order valence-corrected chi connectivity index (χ0v) is 15.8. The summed E-state index contributed by atoms with van der Waals surface area (Å²) in [5.41, 5.74) is 0.523. The summed E-state index contributed by atoms with van der Waals surface area (Å²) in [5, 5.41) is 20.6. The summed E-state index contributed by atoms with van der Waals surface area (Å²) in [7, 11) is 0. The van der Waals surface area contributed by atoms with Crippen LogP contribution in [0.15, 0.2) is 18.2 Å². The Kier molecular flexibility index (Phi) is 11.7. The molecule has 0 aromatic heterocycles. The molecule has 1 N–H and O–H groups in total. The first-order valence-electron chi connectivity index (χ1n) is 10.1. The third-order valence-electron chi connectivity index (χ3n) is 4.83. The maximum Gasteiger partial charge on any atom is 0.313 e. The van der Waals surface area contributed by atoms with Gasteiger partial charge in [0.25, 0.3) is 0 Å². The van der Waals surface area contributed by atoms with Gasteiger partial charge in [0.2, 0.25) is 0 Å². The van der Waals surface area contributed by atoms with Crippen LogP contribution >= 0.6 is 0 Å². The number of aromatic hydroxyl groups is 1. The highest BCUT2D eigenvalue weighted by atomic mass is 16.6. The molecule has 0 saturated carbocycles. The number of nitrogens with zero attached hydrogens (tertiary/aromatic N) is 1. The Balaban J connectivity index is 2.01. The third-order valence-corrected chi connectivity index (χ3v) is 4.83. The molecule has 0 spiro atoms. The van der Waals surface area contributed by atoms with Crippen molar-refractivity contribution in [2.24, 2.45) is 0 Å². The van der Waals surface area contributed by atoms with E-state index in [1.54, 1.807) is 12.1 Å². The Bertz CT molecular complexity index is 488. The topological polar surface area (TPSA) is 63.4 Å². The fourth-order valence-corrected chi connectivity index (χ4v) is 3.32. The van der Waals surface area contributed by atoms with E-state index in [1.165, 1.54) is 76.7 Å². The number of hydrogen-bond donors (Lipinski definition) is 1. The van der Waals surface area contributed by atoms with Crippen molar-refractivity contribution in [2.75, 3.05) is 0 Å². The molecule has 4 heteroatoms. The third kappa shape index (κ3) is 9.47. The zero-order valence-electron chi connectivity index (χ0n) is 15.8. The molecule has 0 unspecified atom stereocenters. The van der Waals surface area contributed by atoms with E-state index in [0.717, 1.165) is 12.8 Å². The summed E-state index contributed by atoms with van der Waals surface area (Å²) in [5.74, 6) is -0.225. The number of hydrogen-bond acceptors (Lipinski definition) is 3. The molecule has 0 fully saturated rings. The van der Waals surface area contributed by atoms with Crippen LogP contribution in [0.25, 0.3) is 0 Å². The minimum Gasteiger partial charge on any atom is -0.502 e. The van der Waals surface area contributed by atoms with Crippen molar-refractivity contribution in [2.45, 2.75) is 96.8 Å². The van der Waals surface area contributed by atoms with Crippen molar-refractivity contribution in [3.05, 3.63) is 33.9 Å². The molecule has 0 saturated heterocycles. The predicted octanol–water partition coefficient (Wildman–Crippen LogP) is 6.93. The molecule has 0 heterocycles. The second-order valence-electron chi connectivity index (χ2n) is 7.03. The molecular formula is C21H35NO3. The number of benzene rings is 1. The lowest BCUT2D eigenvalue weighted by atomic mass is 10.0. The molecule has 142 valence electrons. The van der Waals surface area contributed by atoms with Crippen LogP contribution in [0.2, 0.25) is 0 Å².